The second-order valence-corrected chi connectivity index (χ2v) is 18.5. The highest BCUT2D eigenvalue weighted by molar-refractivity contribution is 7.26. The summed E-state index contributed by atoms with van der Waals surface area (Å²) in [6.45, 7) is 14.1. The maximum atomic E-state index is 2.55. The summed E-state index contributed by atoms with van der Waals surface area (Å²) in [7, 11) is 0. The van der Waals surface area contributed by atoms with Crippen LogP contribution in [0.1, 0.15) is 61.1 Å². The van der Waals surface area contributed by atoms with Gasteiger partial charge in [-0.3, -0.25) is 0 Å². The Hall–Kier alpha value is -6.22. The van der Waals surface area contributed by atoms with Crippen LogP contribution >= 0.6 is 11.3 Å². The molecule has 8 aromatic carbocycles. The fraction of sp³-hybridized carbons (Fsp3) is 0.143. The third-order valence-electron chi connectivity index (χ3n) is 13.4. The lowest BCUT2D eigenvalue weighted by molar-refractivity contribution is 0.660. The summed E-state index contributed by atoms with van der Waals surface area (Å²) in [4.78, 5) is 2.55. The van der Waals surface area contributed by atoms with Crippen LogP contribution in [0.25, 0.3) is 64.7 Å². The van der Waals surface area contributed by atoms with Crippen molar-refractivity contribution in [1.29, 1.82) is 0 Å². The molecule has 0 amide bonds. The Morgan fingerprint density at radius 1 is 0.414 bits per heavy atom. The highest BCUT2D eigenvalue weighted by Crippen LogP contribution is 2.54. The molecule has 11 rings (SSSR count). The van der Waals surface area contributed by atoms with Crippen molar-refractivity contribution in [3.8, 4) is 44.5 Å². The van der Waals surface area contributed by atoms with Gasteiger partial charge in [-0.25, -0.2) is 0 Å². The van der Waals surface area contributed by atoms with Crippen LogP contribution in [-0.4, -0.2) is 0 Å². The minimum atomic E-state index is -0.128. The molecule has 2 aliphatic rings. The van der Waals surface area contributed by atoms with Gasteiger partial charge in [-0.15, -0.1) is 11.3 Å². The fourth-order valence-electron chi connectivity index (χ4n) is 10.4. The number of anilines is 3. The number of benzene rings is 8. The van der Waals surface area contributed by atoms with Crippen molar-refractivity contribution in [2.45, 2.75) is 52.4 Å². The van der Waals surface area contributed by atoms with Crippen LogP contribution < -0.4 is 4.90 Å². The van der Waals surface area contributed by atoms with E-state index in [1.165, 1.54) is 115 Å². The van der Waals surface area contributed by atoms with E-state index in [-0.39, 0.29) is 10.8 Å². The standard InChI is InChI=1S/C56H45NS/c1-34-15-13-16-35(2)53(34)46-31-36(39-20-14-21-45-44-19-9-12-24-52(44)58-54(39)45)25-30-51(46)57(37-26-28-42-40-17-7-10-22-47(40)55(3,4)49(42)32-37)38-27-29-43-41-18-8-11-23-48(41)56(5,6)50(43)33-38/h7-33H,1-6H3. The second kappa shape index (κ2) is 12.6. The first-order valence-corrected chi connectivity index (χ1v) is 21.3. The minimum Gasteiger partial charge on any atom is -0.310 e. The maximum absolute atomic E-state index is 2.55. The van der Waals surface area contributed by atoms with Crippen LogP contribution in [-0.2, 0) is 10.8 Å². The molecule has 0 aliphatic heterocycles. The number of thiophene rings is 1. The van der Waals surface area contributed by atoms with Crippen molar-refractivity contribution < 1.29 is 0 Å². The van der Waals surface area contributed by atoms with E-state index >= 15 is 0 Å². The van der Waals surface area contributed by atoms with Gasteiger partial charge in [-0.05, 0) is 129 Å². The van der Waals surface area contributed by atoms with Crippen molar-refractivity contribution >= 4 is 48.6 Å². The highest BCUT2D eigenvalue weighted by atomic mass is 32.1. The molecule has 1 nitrogen and oxygen atoms in total. The molecule has 0 radical (unpaired) electrons. The number of nitrogens with zero attached hydrogens (tertiary/aromatic N) is 1. The molecule has 0 saturated heterocycles. The number of fused-ring (bicyclic) bond motifs is 9. The number of hydrogen-bond donors (Lipinski definition) is 0. The van der Waals surface area contributed by atoms with Gasteiger partial charge in [0.1, 0.15) is 0 Å². The van der Waals surface area contributed by atoms with Crippen molar-refractivity contribution in [3.63, 3.8) is 0 Å². The first kappa shape index (κ1) is 35.0. The molecule has 1 aromatic heterocycles. The van der Waals surface area contributed by atoms with Gasteiger partial charge >= 0.3 is 0 Å². The molecule has 0 saturated carbocycles. The minimum absolute atomic E-state index is 0.128. The molecular weight excluding hydrogens is 719 g/mol. The van der Waals surface area contributed by atoms with E-state index in [0.717, 1.165) is 0 Å². The van der Waals surface area contributed by atoms with Crippen LogP contribution in [0.3, 0.4) is 0 Å². The first-order valence-electron chi connectivity index (χ1n) is 20.5. The van der Waals surface area contributed by atoms with Crippen LogP contribution in [0.5, 0.6) is 0 Å². The SMILES string of the molecule is Cc1cccc(C)c1-c1cc(-c2cccc3c2sc2ccccc23)ccc1N(c1ccc2c(c1)C(C)(C)c1ccccc1-2)c1ccc2c(c1)C(C)(C)c1ccccc1-2. The van der Waals surface area contributed by atoms with E-state index in [0.29, 0.717) is 0 Å². The molecule has 0 N–H and O–H groups in total. The molecule has 9 aromatic rings. The third-order valence-corrected chi connectivity index (χ3v) is 14.6. The highest BCUT2D eigenvalue weighted by Gasteiger charge is 2.38. The Balaban J connectivity index is 1.18. The van der Waals surface area contributed by atoms with E-state index in [9.17, 15) is 0 Å². The van der Waals surface area contributed by atoms with Gasteiger partial charge in [-0.1, -0.05) is 149 Å². The fourth-order valence-corrected chi connectivity index (χ4v) is 11.6. The summed E-state index contributed by atoms with van der Waals surface area (Å²) in [5, 5.41) is 2.64. The molecule has 1 heterocycles. The van der Waals surface area contributed by atoms with Gasteiger partial charge < -0.3 is 4.90 Å². The number of rotatable bonds is 5. The van der Waals surface area contributed by atoms with Gasteiger partial charge in [0.05, 0.1) is 5.69 Å². The van der Waals surface area contributed by atoms with Crippen molar-refractivity contribution in [2.24, 2.45) is 0 Å². The molecule has 58 heavy (non-hydrogen) atoms. The predicted molar refractivity (Wildman–Crippen MR) is 249 cm³/mol. The molecule has 2 heteroatoms. The summed E-state index contributed by atoms with van der Waals surface area (Å²) in [5.41, 5.74) is 21.7. The summed E-state index contributed by atoms with van der Waals surface area (Å²) < 4.78 is 2.66. The molecule has 0 fully saturated rings. The molecule has 0 unspecified atom stereocenters. The van der Waals surface area contributed by atoms with Crippen molar-refractivity contribution in [1.82, 2.24) is 0 Å². The Morgan fingerprint density at radius 2 is 0.931 bits per heavy atom. The van der Waals surface area contributed by atoms with Crippen molar-refractivity contribution in [2.75, 3.05) is 4.90 Å². The van der Waals surface area contributed by atoms with E-state index < -0.39 is 0 Å². The Bertz CT molecular complexity index is 3030. The Morgan fingerprint density at radius 3 is 1.57 bits per heavy atom. The van der Waals surface area contributed by atoms with E-state index in [4.69, 9.17) is 0 Å². The van der Waals surface area contributed by atoms with Crippen LogP contribution in [0.15, 0.2) is 164 Å². The van der Waals surface area contributed by atoms with E-state index in [1.54, 1.807) is 0 Å². The maximum Gasteiger partial charge on any atom is 0.0540 e. The number of aryl methyl sites for hydroxylation is 2. The lowest BCUT2D eigenvalue weighted by Gasteiger charge is -2.32. The molecule has 280 valence electrons. The monoisotopic (exact) mass is 763 g/mol. The topological polar surface area (TPSA) is 3.24 Å². The van der Waals surface area contributed by atoms with Crippen LogP contribution in [0, 0.1) is 13.8 Å². The van der Waals surface area contributed by atoms with Crippen LogP contribution in [0.4, 0.5) is 17.1 Å². The number of hydrogen-bond acceptors (Lipinski definition) is 2. The smallest absolute Gasteiger partial charge is 0.0540 e. The van der Waals surface area contributed by atoms with E-state index in [1.807, 2.05) is 11.3 Å². The van der Waals surface area contributed by atoms with Gasteiger partial charge in [0.15, 0.2) is 0 Å². The zero-order chi connectivity index (χ0) is 39.5. The van der Waals surface area contributed by atoms with Gasteiger partial charge in [0.2, 0.25) is 0 Å². The Kier molecular flexibility index (Phi) is 7.62. The molecular formula is C56H45NS. The lowest BCUT2D eigenvalue weighted by atomic mass is 9.82. The second-order valence-electron chi connectivity index (χ2n) is 17.4. The summed E-state index contributed by atoms with van der Waals surface area (Å²) >= 11 is 1.90. The van der Waals surface area contributed by atoms with Gasteiger partial charge in [0, 0.05) is 47.9 Å². The zero-order valence-corrected chi connectivity index (χ0v) is 34.8. The zero-order valence-electron chi connectivity index (χ0n) is 33.9. The summed E-state index contributed by atoms with van der Waals surface area (Å²) in [5.74, 6) is 0. The first-order chi connectivity index (χ1) is 28.1. The third kappa shape index (κ3) is 5.01. The largest absolute Gasteiger partial charge is 0.310 e. The quantitative estimate of drug-likeness (QED) is 0.169. The molecule has 0 atom stereocenters. The molecule has 0 bridgehead atoms. The van der Waals surface area contributed by atoms with Crippen LogP contribution in [0.2, 0.25) is 0 Å². The van der Waals surface area contributed by atoms with Gasteiger partial charge in [-0.2, -0.15) is 0 Å². The molecule has 2 aliphatic carbocycles. The lowest BCUT2D eigenvalue weighted by Crippen LogP contribution is -2.18. The predicted octanol–water partition coefficient (Wildman–Crippen LogP) is 16.1. The normalized spacial score (nSPS) is 14.3. The Labute approximate surface area is 345 Å². The molecule has 0 spiro atoms. The summed E-state index contributed by atoms with van der Waals surface area (Å²) in [6.07, 6.45) is 0. The average Bonchev–Trinajstić information content (AvgIpc) is 3.81. The van der Waals surface area contributed by atoms with Gasteiger partial charge in [0.25, 0.3) is 0 Å². The van der Waals surface area contributed by atoms with Crippen molar-refractivity contribution in [3.05, 3.63) is 197 Å². The summed E-state index contributed by atoms with van der Waals surface area (Å²) in [6, 6.07) is 61.9. The van der Waals surface area contributed by atoms with E-state index in [2.05, 4.69) is 210 Å². The average molecular weight is 764 g/mol.